The molecule has 0 saturated carbocycles. The van der Waals surface area contributed by atoms with E-state index in [1.165, 1.54) is 18.1 Å². The Bertz CT molecular complexity index is 738. The van der Waals surface area contributed by atoms with E-state index in [0.29, 0.717) is 35.8 Å². The van der Waals surface area contributed by atoms with Crippen molar-refractivity contribution in [3.05, 3.63) is 46.3 Å². The number of aryl methyl sites for hydroxylation is 1. The molecule has 0 aliphatic heterocycles. The molecule has 1 heterocycles. The van der Waals surface area contributed by atoms with Gasteiger partial charge in [0, 0.05) is 18.0 Å². The van der Waals surface area contributed by atoms with Crippen molar-refractivity contribution in [3.8, 4) is 0 Å². The highest BCUT2D eigenvalue weighted by Gasteiger charge is 2.28. The summed E-state index contributed by atoms with van der Waals surface area (Å²) in [6, 6.07) is 7.87. The summed E-state index contributed by atoms with van der Waals surface area (Å²) in [5, 5.41) is 12.2. The maximum Gasteiger partial charge on any atom is 0.343 e. The molecule has 140 valence electrons. The van der Waals surface area contributed by atoms with Crippen molar-refractivity contribution < 1.29 is 4.92 Å². The highest BCUT2D eigenvalue weighted by molar-refractivity contribution is 7.99. The number of hydrogen-bond donors (Lipinski definition) is 0. The second kappa shape index (κ2) is 8.98. The lowest BCUT2D eigenvalue weighted by atomic mass is 10.1. The SMILES string of the molecule is Cc1ccc(Sc2ncnc(N(CC(C)C)CC(C)C)c2[N+](=O)[O-])cc1. The van der Waals surface area contributed by atoms with Crippen molar-refractivity contribution in [2.45, 2.75) is 44.5 Å². The van der Waals surface area contributed by atoms with Gasteiger partial charge in [-0.05, 0) is 30.9 Å². The van der Waals surface area contributed by atoms with E-state index in [2.05, 4.69) is 37.7 Å². The van der Waals surface area contributed by atoms with E-state index in [1.54, 1.807) is 0 Å². The first-order chi connectivity index (χ1) is 12.3. The third-order valence-corrected chi connectivity index (χ3v) is 4.66. The molecule has 0 unspecified atom stereocenters. The largest absolute Gasteiger partial charge is 0.350 e. The van der Waals surface area contributed by atoms with Crippen molar-refractivity contribution in [1.82, 2.24) is 9.97 Å². The fourth-order valence-corrected chi connectivity index (χ4v) is 3.52. The predicted molar refractivity (Wildman–Crippen MR) is 106 cm³/mol. The van der Waals surface area contributed by atoms with Crippen LogP contribution in [0, 0.1) is 28.9 Å². The van der Waals surface area contributed by atoms with E-state index in [0.717, 1.165) is 10.5 Å². The van der Waals surface area contributed by atoms with Crippen LogP contribution in [0.4, 0.5) is 11.5 Å². The van der Waals surface area contributed by atoms with Gasteiger partial charge in [-0.2, -0.15) is 0 Å². The smallest absolute Gasteiger partial charge is 0.343 e. The Balaban J connectivity index is 2.45. The van der Waals surface area contributed by atoms with Gasteiger partial charge in [0.1, 0.15) is 6.33 Å². The van der Waals surface area contributed by atoms with Crippen molar-refractivity contribution in [3.63, 3.8) is 0 Å². The van der Waals surface area contributed by atoms with Crippen LogP contribution in [0.3, 0.4) is 0 Å². The van der Waals surface area contributed by atoms with Crippen LogP contribution in [-0.4, -0.2) is 28.0 Å². The topological polar surface area (TPSA) is 72.2 Å². The van der Waals surface area contributed by atoms with Crippen LogP contribution in [0.15, 0.2) is 40.5 Å². The molecule has 0 aliphatic rings. The number of nitrogens with zero attached hydrogens (tertiary/aromatic N) is 4. The average Bonchev–Trinajstić information content (AvgIpc) is 2.55. The first kappa shape index (κ1) is 20.2. The van der Waals surface area contributed by atoms with Gasteiger partial charge in [0.05, 0.1) is 4.92 Å². The van der Waals surface area contributed by atoms with E-state index in [1.807, 2.05) is 36.1 Å². The Kier molecular flexibility index (Phi) is 6.97. The molecule has 0 amide bonds. The summed E-state index contributed by atoms with van der Waals surface area (Å²) in [4.78, 5) is 22.9. The molecular formula is C19H26N4O2S. The maximum absolute atomic E-state index is 11.8. The Labute approximate surface area is 159 Å². The molecule has 1 aromatic carbocycles. The van der Waals surface area contributed by atoms with Crippen LogP contribution >= 0.6 is 11.8 Å². The van der Waals surface area contributed by atoms with Crippen LogP contribution < -0.4 is 4.90 Å². The first-order valence-electron chi connectivity index (χ1n) is 8.76. The number of hydrogen-bond acceptors (Lipinski definition) is 6. The lowest BCUT2D eigenvalue weighted by Crippen LogP contribution is -2.32. The number of aromatic nitrogens is 2. The van der Waals surface area contributed by atoms with Gasteiger partial charge in [-0.25, -0.2) is 9.97 Å². The van der Waals surface area contributed by atoms with Crippen molar-refractivity contribution in [2.75, 3.05) is 18.0 Å². The highest BCUT2D eigenvalue weighted by Crippen LogP contribution is 2.38. The van der Waals surface area contributed by atoms with Gasteiger partial charge < -0.3 is 4.90 Å². The van der Waals surface area contributed by atoms with Crippen LogP contribution in [0.5, 0.6) is 0 Å². The molecule has 0 N–H and O–H groups in total. The fourth-order valence-electron chi connectivity index (χ4n) is 2.67. The van der Waals surface area contributed by atoms with Gasteiger partial charge >= 0.3 is 5.69 Å². The normalized spacial score (nSPS) is 11.2. The predicted octanol–water partition coefficient (Wildman–Crippen LogP) is 4.96. The lowest BCUT2D eigenvalue weighted by Gasteiger charge is -2.27. The number of benzene rings is 1. The van der Waals surface area contributed by atoms with E-state index in [4.69, 9.17) is 0 Å². The zero-order valence-electron chi connectivity index (χ0n) is 16.0. The quantitative estimate of drug-likeness (QED) is 0.369. The molecule has 0 aliphatic carbocycles. The summed E-state index contributed by atoms with van der Waals surface area (Å²) in [5.41, 5.74) is 1.13. The summed E-state index contributed by atoms with van der Waals surface area (Å²) in [7, 11) is 0. The molecule has 0 saturated heterocycles. The molecule has 0 spiro atoms. The summed E-state index contributed by atoms with van der Waals surface area (Å²) in [6.07, 6.45) is 1.42. The minimum Gasteiger partial charge on any atom is -0.350 e. The van der Waals surface area contributed by atoms with Crippen molar-refractivity contribution in [2.24, 2.45) is 11.8 Å². The maximum atomic E-state index is 11.8. The van der Waals surface area contributed by atoms with Gasteiger partial charge in [-0.15, -0.1) is 0 Å². The van der Waals surface area contributed by atoms with E-state index >= 15 is 0 Å². The standard InChI is InChI=1S/C19H26N4O2S/c1-13(2)10-22(11-14(3)4)18-17(23(24)25)19(21-12-20-18)26-16-8-6-15(5)7-9-16/h6-9,12-14H,10-11H2,1-5H3. The molecule has 7 heteroatoms. The summed E-state index contributed by atoms with van der Waals surface area (Å²) < 4.78 is 0. The molecule has 0 fully saturated rings. The minimum atomic E-state index is -0.362. The van der Waals surface area contributed by atoms with E-state index < -0.39 is 0 Å². The molecular weight excluding hydrogens is 348 g/mol. The number of anilines is 1. The molecule has 1 aromatic heterocycles. The summed E-state index contributed by atoms with van der Waals surface area (Å²) in [6.45, 7) is 11.8. The molecule has 0 atom stereocenters. The Hall–Kier alpha value is -2.15. The molecule has 6 nitrogen and oxygen atoms in total. The monoisotopic (exact) mass is 374 g/mol. The van der Waals surface area contributed by atoms with Gasteiger partial charge in [0.2, 0.25) is 5.82 Å². The zero-order chi connectivity index (χ0) is 19.3. The lowest BCUT2D eigenvalue weighted by molar-refractivity contribution is -0.387. The Morgan fingerprint density at radius 1 is 1.08 bits per heavy atom. The zero-order valence-corrected chi connectivity index (χ0v) is 16.8. The number of nitro groups is 1. The third-order valence-electron chi connectivity index (χ3n) is 3.66. The van der Waals surface area contributed by atoms with Crippen LogP contribution in [0.25, 0.3) is 0 Å². The third kappa shape index (κ3) is 5.42. The molecule has 0 bridgehead atoms. The van der Waals surface area contributed by atoms with Crippen LogP contribution in [-0.2, 0) is 0 Å². The molecule has 2 aromatic rings. The molecule has 2 rings (SSSR count). The second-order valence-electron chi connectivity index (χ2n) is 7.22. The van der Waals surface area contributed by atoms with Gasteiger partial charge in [0.25, 0.3) is 0 Å². The van der Waals surface area contributed by atoms with Crippen molar-refractivity contribution in [1.29, 1.82) is 0 Å². The van der Waals surface area contributed by atoms with Gasteiger partial charge in [-0.3, -0.25) is 10.1 Å². The highest BCUT2D eigenvalue weighted by atomic mass is 32.2. The van der Waals surface area contributed by atoms with E-state index in [-0.39, 0.29) is 10.6 Å². The minimum absolute atomic E-state index is 0.0145. The first-order valence-corrected chi connectivity index (χ1v) is 9.58. The van der Waals surface area contributed by atoms with Crippen molar-refractivity contribution >= 4 is 23.3 Å². The summed E-state index contributed by atoms with van der Waals surface area (Å²) >= 11 is 1.30. The Morgan fingerprint density at radius 2 is 1.65 bits per heavy atom. The van der Waals surface area contributed by atoms with Gasteiger partial charge in [0.15, 0.2) is 5.03 Å². The molecule has 26 heavy (non-hydrogen) atoms. The van der Waals surface area contributed by atoms with Crippen LogP contribution in [0.1, 0.15) is 33.3 Å². The second-order valence-corrected chi connectivity index (χ2v) is 8.28. The molecule has 0 radical (unpaired) electrons. The van der Waals surface area contributed by atoms with E-state index in [9.17, 15) is 10.1 Å². The number of rotatable bonds is 8. The van der Waals surface area contributed by atoms with Gasteiger partial charge in [-0.1, -0.05) is 57.2 Å². The van der Waals surface area contributed by atoms with Crippen LogP contribution in [0.2, 0.25) is 0 Å². The fraction of sp³-hybridized carbons (Fsp3) is 0.474. The Morgan fingerprint density at radius 3 is 2.15 bits per heavy atom. The summed E-state index contributed by atoms with van der Waals surface area (Å²) in [5.74, 6) is 1.15. The average molecular weight is 375 g/mol.